The molecule has 2 aromatic rings. The lowest BCUT2D eigenvalue weighted by molar-refractivity contribution is 0.297. The third kappa shape index (κ3) is 3.48. The summed E-state index contributed by atoms with van der Waals surface area (Å²) in [6, 6.07) is 16.8. The van der Waals surface area contributed by atoms with Crippen molar-refractivity contribution in [3.05, 3.63) is 59.7 Å². The molecule has 1 aliphatic heterocycles. The SMILES string of the molecule is C[C@H](N[C@H](C)[C@H]1COc2ccccc21)c1ccc([S@@](C)=O)cc1. The first kappa shape index (κ1) is 16.2. The highest BCUT2D eigenvalue weighted by atomic mass is 32.2. The fourth-order valence-corrected chi connectivity index (χ4v) is 3.68. The fraction of sp³-hybridized carbons (Fsp3) is 0.368. The summed E-state index contributed by atoms with van der Waals surface area (Å²) < 4.78 is 17.3. The molecule has 0 spiro atoms. The summed E-state index contributed by atoms with van der Waals surface area (Å²) in [5.74, 6) is 1.38. The van der Waals surface area contributed by atoms with Gasteiger partial charge in [-0.15, -0.1) is 0 Å². The summed E-state index contributed by atoms with van der Waals surface area (Å²) in [6.45, 7) is 5.10. The Morgan fingerprint density at radius 3 is 2.52 bits per heavy atom. The molecule has 3 rings (SSSR count). The molecule has 0 bridgehead atoms. The molecule has 0 unspecified atom stereocenters. The molecule has 3 nitrogen and oxygen atoms in total. The Morgan fingerprint density at radius 1 is 1.13 bits per heavy atom. The maximum Gasteiger partial charge on any atom is 0.122 e. The van der Waals surface area contributed by atoms with E-state index < -0.39 is 10.8 Å². The molecule has 122 valence electrons. The molecule has 0 aromatic heterocycles. The number of fused-ring (bicyclic) bond motifs is 1. The molecule has 0 fully saturated rings. The van der Waals surface area contributed by atoms with Crippen LogP contribution in [0.2, 0.25) is 0 Å². The standard InChI is InChI=1S/C19H23NO2S/c1-13(15-8-10-16(11-9-15)23(3)21)20-14(2)18-12-22-19-7-5-4-6-17(18)19/h4-11,13-14,18,20H,12H2,1-3H3/t13-,14+,18+,23+/m0/s1. The largest absolute Gasteiger partial charge is 0.493 e. The Morgan fingerprint density at radius 2 is 1.83 bits per heavy atom. The van der Waals surface area contributed by atoms with Gasteiger partial charge in [0.15, 0.2) is 0 Å². The molecule has 23 heavy (non-hydrogen) atoms. The number of hydrogen-bond acceptors (Lipinski definition) is 3. The Kier molecular flexibility index (Phi) is 4.83. The summed E-state index contributed by atoms with van der Waals surface area (Å²) >= 11 is 0. The van der Waals surface area contributed by atoms with E-state index in [9.17, 15) is 4.21 Å². The Bertz CT molecular complexity index is 699. The first-order chi connectivity index (χ1) is 11.1. The number of benzene rings is 2. The molecule has 2 aromatic carbocycles. The number of hydrogen-bond donors (Lipinski definition) is 1. The second-order valence-corrected chi connectivity index (χ2v) is 7.54. The van der Waals surface area contributed by atoms with E-state index in [2.05, 4.69) is 43.4 Å². The van der Waals surface area contributed by atoms with Gasteiger partial charge in [-0.1, -0.05) is 30.3 Å². The normalized spacial score (nSPS) is 20.4. The predicted molar refractivity (Wildman–Crippen MR) is 94.5 cm³/mol. The summed E-state index contributed by atoms with van der Waals surface area (Å²) in [5.41, 5.74) is 2.50. The maximum atomic E-state index is 11.5. The average Bonchev–Trinajstić information content (AvgIpc) is 2.99. The van der Waals surface area contributed by atoms with Crippen LogP contribution >= 0.6 is 0 Å². The van der Waals surface area contributed by atoms with Crippen LogP contribution in [-0.2, 0) is 10.8 Å². The van der Waals surface area contributed by atoms with Crippen LogP contribution < -0.4 is 10.1 Å². The monoisotopic (exact) mass is 329 g/mol. The van der Waals surface area contributed by atoms with Gasteiger partial charge in [-0.25, -0.2) is 0 Å². The number of rotatable bonds is 5. The van der Waals surface area contributed by atoms with E-state index in [1.165, 1.54) is 11.1 Å². The minimum Gasteiger partial charge on any atom is -0.493 e. The molecule has 0 aliphatic carbocycles. The van der Waals surface area contributed by atoms with Gasteiger partial charge >= 0.3 is 0 Å². The second-order valence-electron chi connectivity index (χ2n) is 6.16. The summed E-state index contributed by atoms with van der Waals surface area (Å²) in [4.78, 5) is 0.868. The van der Waals surface area contributed by atoms with Crippen LogP contribution in [0.15, 0.2) is 53.4 Å². The minimum atomic E-state index is -0.925. The van der Waals surface area contributed by atoms with Crippen molar-refractivity contribution in [3.8, 4) is 5.75 Å². The van der Waals surface area contributed by atoms with Crippen molar-refractivity contribution in [1.82, 2.24) is 5.32 Å². The second kappa shape index (κ2) is 6.85. The van der Waals surface area contributed by atoms with Crippen molar-refractivity contribution >= 4 is 10.8 Å². The molecule has 1 N–H and O–H groups in total. The maximum absolute atomic E-state index is 11.5. The van der Waals surface area contributed by atoms with E-state index in [0.717, 1.165) is 17.3 Å². The lowest BCUT2D eigenvalue weighted by atomic mass is 9.93. The molecule has 0 saturated heterocycles. The molecule has 1 aliphatic rings. The third-order valence-electron chi connectivity index (χ3n) is 4.57. The van der Waals surface area contributed by atoms with Gasteiger partial charge in [0.05, 0.1) is 6.61 Å². The van der Waals surface area contributed by atoms with Crippen molar-refractivity contribution in [2.75, 3.05) is 12.9 Å². The van der Waals surface area contributed by atoms with Gasteiger partial charge in [0.25, 0.3) is 0 Å². The van der Waals surface area contributed by atoms with Crippen LogP contribution in [0.5, 0.6) is 5.75 Å². The van der Waals surface area contributed by atoms with Gasteiger partial charge in [0.1, 0.15) is 5.75 Å². The van der Waals surface area contributed by atoms with Crippen LogP contribution in [-0.4, -0.2) is 23.1 Å². The van der Waals surface area contributed by atoms with E-state index in [1.807, 2.05) is 24.3 Å². The molecule has 4 heteroatoms. The lowest BCUT2D eigenvalue weighted by Crippen LogP contribution is -2.34. The average molecular weight is 329 g/mol. The lowest BCUT2D eigenvalue weighted by Gasteiger charge is -2.25. The van der Waals surface area contributed by atoms with Gasteiger partial charge in [0, 0.05) is 45.5 Å². The summed E-state index contributed by atoms with van der Waals surface area (Å²) in [7, 11) is -0.925. The van der Waals surface area contributed by atoms with Gasteiger partial charge in [-0.2, -0.15) is 0 Å². The molecule has 4 atom stereocenters. The fourth-order valence-electron chi connectivity index (χ4n) is 3.16. The minimum absolute atomic E-state index is 0.233. The van der Waals surface area contributed by atoms with Crippen molar-refractivity contribution < 1.29 is 8.95 Å². The molecular weight excluding hydrogens is 306 g/mol. The van der Waals surface area contributed by atoms with Gasteiger partial charge in [-0.3, -0.25) is 4.21 Å². The molecule has 1 heterocycles. The Balaban J connectivity index is 1.68. The van der Waals surface area contributed by atoms with E-state index in [1.54, 1.807) is 6.26 Å². The topological polar surface area (TPSA) is 38.3 Å². The summed E-state index contributed by atoms with van der Waals surface area (Å²) in [6.07, 6.45) is 1.70. The molecular formula is C19H23NO2S. The Labute approximate surface area is 140 Å². The van der Waals surface area contributed by atoms with Crippen molar-refractivity contribution in [2.45, 2.75) is 36.7 Å². The zero-order chi connectivity index (χ0) is 16.4. The number of nitrogens with one attached hydrogen (secondary N) is 1. The van der Waals surface area contributed by atoms with Gasteiger partial charge in [-0.05, 0) is 37.6 Å². The van der Waals surface area contributed by atoms with Gasteiger partial charge in [0.2, 0.25) is 0 Å². The van der Waals surface area contributed by atoms with Crippen molar-refractivity contribution in [2.24, 2.45) is 0 Å². The highest BCUT2D eigenvalue weighted by Crippen LogP contribution is 2.36. The van der Waals surface area contributed by atoms with E-state index >= 15 is 0 Å². The van der Waals surface area contributed by atoms with Crippen LogP contribution in [0.25, 0.3) is 0 Å². The zero-order valence-electron chi connectivity index (χ0n) is 13.8. The van der Waals surface area contributed by atoms with Crippen LogP contribution in [0, 0.1) is 0 Å². The van der Waals surface area contributed by atoms with Crippen LogP contribution in [0.3, 0.4) is 0 Å². The highest BCUT2D eigenvalue weighted by Gasteiger charge is 2.29. The van der Waals surface area contributed by atoms with Crippen LogP contribution in [0.1, 0.15) is 36.9 Å². The zero-order valence-corrected chi connectivity index (χ0v) is 14.6. The van der Waals surface area contributed by atoms with E-state index in [0.29, 0.717) is 12.0 Å². The van der Waals surface area contributed by atoms with Crippen molar-refractivity contribution in [3.63, 3.8) is 0 Å². The van der Waals surface area contributed by atoms with E-state index in [-0.39, 0.29) is 6.04 Å². The first-order valence-corrected chi connectivity index (χ1v) is 9.53. The van der Waals surface area contributed by atoms with Gasteiger partial charge < -0.3 is 10.1 Å². The predicted octanol–water partition coefficient (Wildman–Crippen LogP) is 3.64. The number of ether oxygens (including phenoxy) is 1. The smallest absolute Gasteiger partial charge is 0.122 e. The van der Waals surface area contributed by atoms with Crippen LogP contribution in [0.4, 0.5) is 0 Å². The van der Waals surface area contributed by atoms with Crippen molar-refractivity contribution in [1.29, 1.82) is 0 Å². The molecule has 0 saturated carbocycles. The Hall–Kier alpha value is -1.65. The highest BCUT2D eigenvalue weighted by molar-refractivity contribution is 7.84. The number of para-hydroxylation sites is 1. The quantitative estimate of drug-likeness (QED) is 0.910. The molecule has 0 radical (unpaired) electrons. The first-order valence-electron chi connectivity index (χ1n) is 7.97. The third-order valence-corrected chi connectivity index (χ3v) is 5.50. The van der Waals surface area contributed by atoms with E-state index in [4.69, 9.17) is 4.74 Å². The molecule has 0 amide bonds. The summed E-state index contributed by atoms with van der Waals surface area (Å²) in [5, 5.41) is 3.67.